The van der Waals surface area contributed by atoms with Gasteiger partial charge in [-0.1, -0.05) is 30.3 Å². The molecular formula is C21H20N2O3S. The van der Waals surface area contributed by atoms with Gasteiger partial charge in [-0.15, -0.1) is 11.3 Å². The van der Waals surface area contributed by atoms with Crippen molar-refractivity contribution in [2.24, 2.45) is 0 Å². The Kier molecular flexibility index (Phi) is 5.34. The van der Waals surface area contributed by atoms with Gasteiger partial charge in [-0.25, -0.2) is 4.98 Å². The van der Waals surface area contributed by atoms with E-state index in [1.807, 2.05) is 28.5 Å². The summed E-state index contributed by atoms with van der Waals surface area (Å²) >= 11 is 1.56. The van der Waals surface area contributed by atoms with Crippen LogP contribution in [0, 0.1) is 0 Å². The number of thiazole rings is 1. The Morgan fingerprint density at radius 2 is 1.89 bits per heavy atom. The van der Waals surface area contributed by atoms with E-state index < -0.39 is 0 Å². The number of benzene rings is 2. The highest BCUT2D eigenvalue weighted by molar-refractivity contribution is 7.09. The summed E-state index contributed by atoms with van der Waals surface area (Å²) in [6, 6.07) is 15.6. The lowest BCUT2D eigenvalue weighted by Crippen LogP contribution is -2.32. The fourth-order valence-corrected chi connectivity index (χ4v) is 3.65. The van der Waals surface area contributed by atoms with Crippen LogP contribution >= 0.6 is 11.3 Å². The molecule has 0 saturated heterocycles. The second-order valence-corrected chi connectivity index (χ2v) is 7.23. The predicted molar refractivity (Wildman–Crippen MR) is 104 cm³/mol. The van der Waals surface area contributed by atoms with E-state index >= 15 is 0 Å². The lowest BCUT2D eigenvalue weighted by atomic mass is 10.1. The van der Waals surface area contributed by atoms with Crippen molar-refractivity contribution in [2.45, 2.75) is 13.0 Å². The molecule has 1 aliphatic heterocycles. The molecule has 2 heterocycles. The Morgan fingerprint density at radius 3 is 2.67 bits per heavy atom. The smallest absolute Gasteiger partial charge is 0.254 e. The fraction of sp³-hybridized carbons (Fsp3) is 0.238. The number of carbonyl (C=O) groups excluding carboxylic acids is 1. The molecule has 0 N–H and O–H groups in total. The van der Waals surface area contributed by atoms with Crippen molar-refractivity contribution in [3.8, 4) is 11.5 Å². The van der Waals surface area contributed by atoms with Crippen LogP contribution in [0.2, 0.25) is 0 Å². The molecule has 1 amide bonds. The fourth-order valence-electron chi connectivity index (χ4n) is 3.01. The third-order valence-corrected chi connectivity index (χ3v) is 5.16. The van der Waals surface area contributed by atoms with E-state index in [9.17, 15) is 4.79 Å². The summed E-state index contributed by atoms with van der Waals surface area (Å²) < 4.78 is 11.2. The Balaban J connectivity index is 1.54. The summed E-state index contributed by atoms with van der Waals surface area (Å²) in [5.41, 5.74) is 1.81. The second-order valence-electron chi connectivity index (χ2n) is 6.25. The Hall–Kier alpha value is -2.86. The normalized spacial score (nSPS) is 12.6. The van der Waals surface area contributed by atoms with E-state index in [4.69, 9.17) is 9.47 Å². The number of nitrogens with zero attached hydrogens (tertiary/aromatic N) is 2. The second kappa shape index (κ2) is 8.22. The van der Waals surface area contributed by atoms with Gasteiger partial charge in [-0.05, 0) is 30.2 Å². The van der Waals surface area contributed by atoms with E-state index in [1.165, 1.54) is 5.56 Å². The zero-order valence-corrected chi connectivity index (χ0v) is 15.7. The zero-order chi connectivity index (χ0) is 18.5. The van der Waals surface area contributed by atoms with Gasteiger partial charge >= 0.3 is 0 Å². The highest BCUT2D eigenvalue weighted by atomic mass is 32.1. The van der Waals surface area contributed by atoms with Gasteiger partial charge in [-0.3, -0.25) is 4.79 Å². The van der Waals surface area contributed by atoms with Crippen LogP contribution in [0.25, 0.3) is 0 Å². The quantitative estimate of drug-likeness (QED) is 0.653. The molecule has 0 radical (unpaired) electrons. The molecule has 0 unspecified atom stereocenters. The maximum absolute atomic E-state index is 13.2. The van der Waals surface area contributed by atoms with Crippen molar-refractivity contribution in [1.29, 1.82) is 0 Å². The molecule has 27 heavy (non-hydrogen) atoms. The number of hydrogen-bond donors (Lipinski definition) is 0. The number of carbonyl (C=O) groups is 1. The van der Waals surface area contributed by atoms with Crippen molar-refractivity contribution in [1.82, 2.24) is 9.88 Å². The van der Waals surface area contributed by atoms with Crippen LogP contribution in [0.3, 0.4) is 0 Å². The molecule has 138 valence electrons. The van der Waals surface area contributed by atoms with Crippen molar-refractivity contribution in [2.75, 3.05) is 19.8 Å². The first-order chi connectivity index (χ1) is 13.3. The number of amides is 1. The summed E-state index contributed by atoms with van der Waals surface area (Å²) in [5, 5.41) is 2.85. The molecule has 3 aromatic rings. The first-order valence-corrected chi connectivity index (χ1v) is 9.79. The van der Waals surface area contributed by atoms with Crippen molar-refractivity contribution in [3.63, 3.8) is 0 Å². The highest BCUT2D eigenvalue weighted by Gasteiger charge is 2.20. The monoisotopic (exact) mass is 380 g/mol. The zero-order valence-electron chi connectivity index (χ0n) is 14.8. The molecule has 0 atom stereocenters. The first kappa shape index (κ1) is 17.5. The van der Waals surface area contributed by atoms with Gasteiger partial charge in [0.2, 0.25) is 0 Å². The number of ether oxygens (including phenoxy) is 2. The predicted octanol–water partition coefficient (Wildman–Crippen LogP) is 3.80. The van der Waals surface area contributed by atoms with Crippen molar-refractivity contribution < 1.29 is 14.3 Å². The minimum atomic E-state index is -0.0295. The number of fused-ring (bicyclic) bond motifs is 1. The molecule has 2 aromatic carbocycles. The van der Waals surface area contributed by atoms with Gasteiger partial charge in [-0.2, -0.15) is 0 Å². The topological polar surface area (TPSA) is 51.7 Å². The maximum atomic E-state index is 13.2. The lowest BCUT2D eigenvalue weighted by molar-refractivity contribution is 0.0744. The van der Waals surface area contributed by atoms with Gasteiger partial charge in [0.1, 0.15) is 18.2 Å². The standard InChI is InChI=1S/C21H20N2O3S/c24-21(17-6-7-18-19(14-17)26-12-11-25-18)23(15-20-22-9-13-27-20)10-8-16-4-2-1-3-5-16/h1-7,9,13-14H,8,10-12,15H2. The Morgan fingerprint density at radius 1 is 1.07 bits per heavy atom. The van der Waals surface area contributed by atoms with Crippen molar-refractivity contribution >= 4 is 17.2 Å². The molecule has 1 aliphatic rings. The number of rotatable bonds is 6. The maximum Gasteiger partial charge on any atom is 0.254 e. The van der Waals surface area contributed by atoms with Crippen molar-refractivity contribution in [3.05, 3.63) is 76.2 Å². The molecule has 4 rings (SSSR count). The van der Waals surface area contributed by atoms with Crippen LogP contribution in [0.5, 0.6) is 11.5 Å². The van der Waals surface area contributed by atoms with E-state index in [1.54, 1.807) is 35.7 Å². The molecule has 6 heteroatoms. The summed E-state index contributed by atoms with van der Waals surface area (Å²) in [7, 11) is 0. The van der Waals surface area contributed by atoms with E-state index in [2.05, 4.69) is 17.1 Å². The van der Waals surface area contributed by atoms with Gasteiger partial charge in [0.25, 0.3) is 5.91 Å². The Bertz CT molecular complexity index is 897. The van der Waals surface area contributed by atoms with Crippen LogP contribution in [-0.4, -0.2) is 35.5 Å². The van der Waals surface area contributed by atoms with Gasteiger partial charge in [0.05, 0.1) is 6.54 Å². The third kappa shape index (κ3) is 4.28. The lowest BCUT2D eigenvalue weighted by Gasteiger charge is -2.23. The largest absolute Gasteiger partial charge is 0.486 e. The average Bonchev–Trinajstić information content (AvgIpc) is 3.24. The van der Waals surface area contributed by atoms with Gasteiger partial charge in [0, 0.05) is 23.7 Å². The van der Waals surface area contributed by atoms with Crippen LogP contribution in [0.15, 0.2) is 60.1 Å². The summed E-state index contributed by atoms with van der Waals surface area (Å²) in [6.07, 6.45) is 2.56. The van der Waals surface area contributed by atoms with Crippen LogP contribution < -0.4 is 9.47 Å². The van der Waals surface area contributed by atoms with Crippen LogP contribution in [0.4, 0.5) is 0 Å². The van der Waals surface area contributed by atoms with Gasteiger partial charge in [0.15, 0.2) is 11.5 Å². The molecule has 0 bridgehead atoms. The molecule has 0 spiro atoms. The van der Waals surface area contributed by atoms with E-state index in [0.717, 1.165) is 11.4 Å². The molecular weight excluding hydrogens is 360 g/mol. The molecule has 0 saturated carbocycles. The highest BCUT2D eigenvalue weighted by Crippen LogP contribution is 2.31. The van der Waals surface area contributed by atoms with Crippen LogP contribution in [-0.2, 0) is 13.0 Å². The summed E-state index contributed by atoms with van der Waals surface area (Å²) in [6.45, 7) is 2.16. The van der Waals surface area contributed by atoms with E-state index in [-0.39, 0.29) is 5.91 Å². The summed E-state index contributed by atoms with van der Waals surface area (Å²) in [4.78, 5) is 19.4. The first-order valence-electron chi connectivity index (χ1n) is 8.91. The minimum Gasteiger partial charge on any atom is -0.486 e. The number of aromatic nitrogens is 1. The van der Waals surface area contributed by atoms with Crippen LogP contribution in [0.1, 0.15) is 20.9 Å². The summed E-state index contributed by atoms with van der Waals surface area (Å²) in [5.74, 6) is 1.29. The molecule has 0 aliphatic carbocycles. The average molecular weight is 380 g/mol. The Labute approximate surface area is 162 Å². The van der Waals surface area contributed by atoms with E-state index in [0.29, 0.717) is 43.4 Å². The minimum absolute atomic E-state index is 0.0295. The molecule has 5 nitrogen and oxygen atoms in total. The van der Waals surface area contributed by atoms with Gasteiger partial charge < -0.3 is 14.4 Å². The SMILES string of the molecule is O=C(c1ccc2c(c1)OCCO2)N(CCc1ccccc1)Cc1nccs1. The molecule has 1 aromatic heterocycles. The third-order valence-electron chi connectivity index (χ3n) is 4.40. The molecule has 0 fully saturated rings. The number of hydrogen-bond acceptors (Lipinski definition) is 5.